The van der Waals surface area contributed by atoms with Gasteiger partial charge in [-0.05, 0) is 36.3 Å². The summed E-state index contributed by atoms with van der Waals surface area (Å²) in [4.78, 5) is 9.04. The van der Waals surface area contributed by atoms with Crippen molar-refractivity contribution in [1.82, 2.24) is 9.97 Å². The molecule has 0 radical (unpaired) electrons. The average Bonchev–Trinajstić information content (AvgIpc) is 2.45. The molecule has 0 N–H and O–H groups in total. The van der Waals surface area contributed by atoms with Crippen molar-refractivity contribution in [2.75, 3.05) is 0 Å². The van der Waals surface area contributed by atoms with Gasteiger partial charge in [0.15, 0.2) is 0 Å². The molecule has 21 heavy (non-hydrogen) atoms. The Morgan fingerprint density at radius 3 is 2.29 bits per heavy atom. The summed E-state index contributed by atoms with van der Waals surface area (Å²) in [5, 5.41) is 0.998. The van der Waals surface area contributed by atoms with E-state index in [1.165, 1.54) is 11.1 Å². The zero-order valence-corrected chi connectivity index (χ0v) is 13.7. The number of halogens is 2. The molecule has 2 nitrogen and oxygen atoms in total. The van der Waals surface area contributed by atoms with Crippen molar-refractivity contribution in [1.29, 1.82) is 0 Å². The molecule has 0 saturated heterocycles. The van der Waals surface area contributed by atoms with Gasteiger partial charge in [-0.2, -0.15) is 0 Å². The van der Waals surface area contributed by atoms with E-state index in [9.17, 15) is 0 Å². The number of aryl methyl sites for hydroxylation is 1. The normalized spacial score (nSPS) is 17.9. The molecule has 1 aliphatic rings. The highest BCUT2D eigenvalue weighted by atomic mass is 35.5. The number of aromatic nitrogens is 2. The van der Waals surface area contributed by atoms with Crippen LogP contribution in [-0.2, 0) is 12.8 Å². The Kier molecular flexibility index (Phi) is 4.19. The Labute approximate surface area is 135 Å². The molecule has 0 fully saturated rings. The first-order chi connectivity index (χ1) is 10.1. The Hall–Kier alpha value is -1.12. The fraction of sp³-hybridized carbons (Fsp3) is 0.412. The highest BCUT2D eigenvalue weighted by Crippen LogP contribution is 2.34. The van der Waals surface area contributed by atoms with Crippen LogP contribution in [0, 0.1) is 0 Å². The van der Waals surface area contributed by atoms with E-state index in [0.29, 0.717) is 16.2 Å². The molecule has 1 unspecified atom stereocenters. The summed E-state index contributed by atoms with van der Waals surface area (Å²) in [5.41, 5.74) is 3.67. The zero-order chi connectivity index (χ0) is 15.0. The SMILES string of the molecule is CC(C)c1c(Cl)nc(C2CCc3ccccc3C2)nc1Cl. The predicted octanol–water partition coefficient (Wildman–Crippen LogP) is 5.18. The molecular weight excluding hydrogens is 303 g/mol. The van der Waals surface area contributed by atoms with Crippen LogP contribution in [0.2, 0.25) is 10.3 Å². The largest absolute Gasteiger partial charge is 0.220 e. The monoisotopic (exact) mass is 320 g/mol. The molecule has 3 rings (SSSR count). The van der Waals surface area contributed by atoms with Crippen LogP contribution in [0.3, 0.4) is 0 Å². The summed E-state index contributed by atoms with van der Waals surface area (Å²) < 4.78 is 0. The van der Waals surface area contributed by atoms with Crippen LogP contribution in [0.5, 0.6) is 0 Å². The van der Waals surface area contributed by atoms with E-state index >= 15 is 0 Å². The van der Waals surface area contributed by atoms with E-state index in [4.69, 9.17) is 23.2 Å². The third-order valence-electron chi connectivity index (χ3n) is 4.16. The molecule has 1 aliphatic carbocycles. The van der Waals surface area contributed by atoms with E-state index in [1.807, 2.05) is 13.8 Å². The number of hydrogen-bond acceptors (Lipinski definition) is 2. The van der Waals surface area contributed by atoms with E-state index in [1.54, 1.807) is 0 Å². The van der Waals surface area contributed by atoms with Gasteiger partial charge >= 0.3 is 0 Å². The van der Waals surface area contributed by atoms with Gasteiger partial charge in [-0.3, -0.25) is 0 Å². The van der Waals surface area contributed by atoms with Gasteiger partial charge in [0.05, 0.1) is 0 Å². The fourth-order valence-electron chi connectivity index (χ4n) is 3.01. The van der Waals surface area contributed by atoms with Crippen LogP contribution in [-0.4, -0.2) is 9.97 Å². The van der Waals surface area contributed by atoms with Crippen molar-refractivity contribution in [3.63, 3.8) is 0 Å². The number of fused-ring (bicyclic) bond motifs is 1. The maximum atomic E-state index is 6.31. The van der Waals surface area contributed by atoms with Crippen LogP contribution in [0.25, 0.3) is 0 Å². The minimum Gasteiger partial charge on any atom is -0.220 e. The summed E-state index contributed by atoms with van der Waals surface area (Å²) >= 11 is 12.6. The lowest BCUT2D eigenvalue weighted by Gasteiger charge is -2.24. The van der Waals surface area contributed by atoms with Gasteiger partial charge in [-0.1, -0.05) is 61.3 Å². The first-order valence-electron chi connectivity index (χ1n) is 7.36. The minimum absolute atomic E-state index is 0.228. The molecule has 0 saturated carbocycles. The van der Waals surface area contributed by atoms with Crippen LogP contribution in [0.4, 0.5) is 0 Å². The summed E-state index contributed by atoms with van der Waals surface area (Å²) in [6.45, 7) is 4.10. The lowest BCUT2D eigenvalue weighted by molar-refractivity contribution is 0.553. The van der Waals surface area contributed by atoms with E-state index in [0.717, 1.165) is 30.7 Å². The lowest BCUT2D eigenvalue weighted by atomic mass is 9.83. The smallest absolute Gasteiger partial charge is 0.137 e. The number of nitrogens with zero attached hydrogens (tertiary/aromatic N) is 2. The van der Waals surface area contributed by atoms with Crippen LogP contribution < -0.4 is 0 Å². The molecule has 1 heterocycles. The molecule has 2 aromatic rings. The second-order valence-electron chi connectivity index (χ2n) is 5.94. The Morgan fingerprint density at radius 1 is 1.05 bits per heavy atom. The highest BCUT2D eigenvalue weighted by molar-refractivity contribution is 6.34. The first kappa shape index (κ1) is 14.8. The van der Waals surface area contributed by atoms with Crippen molar-refractivity contribution < 1.29 is 0 Å². The van der Waals surface area contributed by atoms with Crippen molar-refractivity contribution in [3.8, 4) is 0 Å². The third kappa shape index (κ3) is 2.93. The van der Waals surface area contributed by atoms with Gasteiger partial charge in [0.2, 0.25) is 0 Å². The van der Waals surface area contributed by atoms with Gasteiger partial charge < -0.3 is 0 Å². The molecule has 0 bridgehead atoms. The van der Waals surface area contributed by atoms with Crippen molar-refractivity contribution in [2.24, 2.45) is 0 Å². The summed E-state index contributed by atoms with van der Waals surface area (Å²) in [7, 11) is 0. The summed E-state index contributed by atoms with van der Waals surface area (Å²) in [6, 6.07) is 8.58. The molecule has 1 atom stereocenters. The molecule has 1 aromatic carbocycles. The maximum Gasteiger partial charge on any atom is 0.137 e. The van der Waals surface area contributed by atoms with Crippen LogP contribution >= 0.6 is 23.2 Å². The van der Waals surface area contributed by atoms with Crippen molar-refractivity contribution in [2.45, 2.75) is 44.9 Å². The highest BCUT2D eigenvalue weighted by Gasteiger charge is 2.24. The van der Waals surface area contributed by atoms with E-state index in [2.05, 4.69) is 34.2 Å². The molecule has 1 aromatic heterocycles. The second-order valence-corrected chi connectivity index (χ2v) is 6.66. The molecular formula is C17H18Cl2N2. The van der Waals surface area contributed by atoms with E-state index in [-0.39, 0.29) is 5.92 Å². The fourth-order valence-corrected chi connectivity index (χ4v) is 3.85. The first-order valence-corrected chi connectivity index (χ1v) is 8.11. The number of rotatable bonds is 2. The predicted molar refractivity (Wildman–Crippen MR) is 87.3 cm³/mol. The average molecular weight is 321 g/mol. The van der Waals surface area contributed by atoms with E-state index < -0.39 is 0 Å². The molecule has 110 valence electrons. The Bertz CT molecular complexity index is 645. The number of benzene rings is 1. The molecule has 4 heteroatoms. The second kappa shape index (κ2) is 5.94. The Morgan fingerprint density at radius 2 is 1.67 bits per heavy atom. The molecule has 0 spiro atoms. The topological polar surface area (TPSA) is 25.8 Å². The quantitative estimate of drug-likeness (QED) is 0.712. The maximum absolute atomic E-state index is 6.31. The van der Waals surface area contributed by atoms with Crippen LogP contribution in [0.1, 0.15) is 54.6 Å². The van der Waals surface area contributed by atoms with Gasteiger partial charge in [0.25, 0.3) is 0 Å². The van der Waals surface area contributed by atoms with Gasteiger partial charge in [-0.25, -0.2) is 9.97 Å². The minimum atomic E-state index is 0.228. The standard InChI is InChI=1S/C17H18Cl2N2/c1-10(2)14-15(18)20-17(21-16(14)19)13-8-7-11-5-3-4-6-12(11)9-13/h3-6,10,13H,7-9H2,1-2H3. The summed E-state index contributed by atoms with van der Waals surface area (Å²) in [5.74, 6) is 1.31. The third-order valence-corrected chi connectivity index (χ3v) is 4.74. The van der Waals surface area contributed by atoms with Crippen LogP contribution in [0.15, 0.2) is 24.3 Å². The zero-order valence-electron chi connectivity index (χ0n) is 12.2. The van der Waals surface area contributed by atoms with Crippen molar-refractivity contribution >= 4 is 23.2 Å². The van der Waals surface area contributed by atoms with Gasteiger partial charge in [0.1, 0.15) is 16.1 Å². The van der Waals surface area contributed by atoms with Gasteiger partial charge in [0, 0.05) is 11.5 Å². The van der Waals surface area contributed by atoms with Gasteiger partial charge in [-0.15, -0.1) is 0 Å². The Balaban J connectivity index is 1.92. The molecule has 0 aliphatic heterocycles. The summed E-state index contributed by atoms with van der Waals surface area (Å²) in [6.07, 6.45) is 3.07. The van der Waals surface area contributed by atoms with Crippen molar-refractivity contribution in [3.05, 3.63) is 57.1 Å². The lowest BCUT2D eigenvalue weighted by Crippen LogP contribution is -2.16. The molecule has 0 amide bonds. The number of hydrogen-bond donors (Lipinski definition) is 0.